The minimum atomic E-state index is 0.541. The van der Waals surface area contributed by atoms with Gasteiger partial charge in [-0.05, 0) is 37.0 Å². The lowest BCUT2D eigenvalue weighted by Gasteiger charge is -2.12. The summed E-state index contributed by atoms with van der Waals surface area (Å²) < 4.78 is 1.73. The van der Waals surface area contributed by atoms with Gasteiger partial charge in [-0.3, -0.25) is 4.68 Å². The number of aryl methyl sites for hydroxylation is 1. The van der Waals surface area contributed by atoms with Gasteiger partial charge in [0.05, 0.1) is 11.9 Å². The molecule has 0 unspecified atom stereocenters. The van der Waals surface area contributed by atoms with Crippen molar-refractivity contribution in [1.29, 1.82) is 0 Å². The molecule has 122 valence electrons. The third-order valence-corrected chi connectivity index (χ3v) is 3.94. The molecular weight excluding hydrogens is 302 g/mol. The average molecular weight is 321 g/mol. The zero-order valence-corrected chi connectivity index (χ0v) is 13.4. The highest BCUT2D eigenvalue weighted by Gasteiger charge is 2.27. The van der Waals surface area contributed by atoms with Crippen LogP contribution in [-0.2, 0) is 7.05 Å². The van der Waals surface area contributed by atoms with Crippen LogP contribution in [0.2, 0.25) is 0 Å². The van der Waals surface area contributed by atoms with Crippen LogP contribution in [0.25, 0.3) is 0 Å². The van der Waals surface area contributed by atoms with Crippen molar-refractivity contribution in [3.05, 3.63) is 48.4 Å². The highest BCUT2D eigenvalue weighted by atomic mass is 15.3. The van der Waals surface area contributed by atoms with Crippen molar-refractivity contribution >= 4 is 28.8 Å². The smallest absolute Gasteiger partial charge is 0.229 e. The van der Waals surface area contributed by atoms with Crippen LogP contribution in [0.15, 0.2) is 42.9 Å². The van der Waals surface area contributed by atoms with Crippen molar-refractivity contribution in [2.75, 3.05) is 16.4 Å². The first-order valence-electron chi connectivity index (χ1n) is 7.92. The second-order valence-corrected chi connectivity index (χ2v) is 6.05. The molecule has 7 nitrogen and oxygen atoms in total. The highest BCUT2D eigenvalue weighted by Crippen LogP contribution is 2.43. The van der Waals surface area contributed by atoms with Gasteiger partial charge >= 0.3 is 0 Å². The van der Waals surface area contributed by atoms with Gasteiger partial charge in [0, 0.05) is 36.4 Å². The van der Waals surface area contributed by atoms with Crippen LogP contribution in [0, 0.1) is 0 Å². The van der Waals surface area contributed by atoms with Crippen molar-refractivity contribution in [3.63, 3.8) is 0 Å². The summed E-state index contributed by atoms with van der Waals surface area (Å²) >= 11 is 0. The van der Waals surface area contributed by atoms with E-state index in [1.54, 1.807) is 10.9 Å². The van der Waals surface area contributed by atoms with Gasteiger partial charge in [-0.25, -0.2) is 4.98 Å². The third-order valence-electron chi connectivity index (χ3n) is 3.94. The average Bonchev–Trinajstić information content (AvgIpc) is 3.31. The Kier molecular flexibility index (Phi) is 3.53. The fraction of sp³-hybridized carbons (Fsp3) is 0.235. The first kappa shape index (κ1) is 14.5. The van der Waals surface area contributed by atoms with E-state index in [2.05, 4.69) is 25.7 Å². The maximum atomic E-state index is 5.86. The Morgan fingerprint density at radius 3 is 2.75 bits per heavy atom. The monoisotopic (exact) mass is 321 g/mol. The number of nitrogens with two attached hydrogens (primary N) is 1. The molecule has 3 aromatic rings. The summed E-state index contributed by atoms with van der Waals surface area (Å²) in [4.78, 5) is 9.09. The first-order valence-corrected chi connectivity index (χ1v) is 7.92. The lowest BCUT2D eigenvalue weighted by atomic mass is 10.2. The molecule has 0 spiro atoms. The molecule has 0 aliphatic heterocycles. The number of aromatic nitrogens is 4. The van der Waals surface area contributed by atoms with E-state index in [-0.39, 0.29) is 0 Å². The maximum absolute atomic E-state index is 5.86. The molecule has 4 rings (SSSR count). The van der Waals surface area contributed by atoms with Gasteiger partial charge < -0.3 is 16.4 Å². The summed E-state index contributed by atoms with van der Waals surface area (Å²) in [5, 5.41) is 10.7. The normalized spacial score (nSPS) is 13.7. The van der Waals surface area contributed by atoms with Gasteiger partial charge in [0.1, 0.15) is 5.82 Å². The molecule has 1 fully saturated rings. The zero-order valence-electron chi connectivity index (χ0n) is 13.4. The number of rotatable bonds is 5. The molecule has 1 saturated carbocycles. The van der Waals surface area contributed by atoms with Crippen molar-refractivity contribution in [2.45, 2.75) is 18.8 Å². The van der Waals surface area contributed by atoms with E-state index in [0.717, 1.165) is 28.4 Å². The quantitative estimate of drug-likeness (QED) is 0.625. The van der Waals surface area contributed by atoms with Gasteiger partial charge in [0.15, 0.2) is 0 Å². The summed E-state index contributed by atoms with van der Waals surface area (Å²) in [6.07, 6.45) is 7.89. The number of anilines is 5. The predicted molar refractivity (Wildman–Crippen MR) is 94.6 cm³/mol. The third kappa shape index (κ3) is 3.15. The Labute approximate surface area is 139 Å². The maximum Gasteiger partial charge on any atom is 0.229 e. The molecule has 24 heavy (non-hydrogen) atoms. The largest absolute Gasteiger partial charge is 0.399 e. The Bertz CT molecular complexity index is 867. The molecule has 1 aliphatic rings. The molecule has 0 amide bonds. The number of hydrogen-bond donors (Lipinski definition) is 3. The molecule has 7 heteroatoms. The Hall–Kier alpha value is -3.09. The molecule has 0 bridgehead atoms. The molecule has 2 heterocycles. The minimum absolute atomic E-state index is 0.541. The molecule has 1 aliphatic carbocycles. The van der Waals surface area contributed by atoms with Gasteiger partial charge in [0.25, 0.3) is 0 Å². The standard InChI is InChI=1S/C17H19N7/c1-24-10-14(8-20-24)22-17-19-9-15(11-5-6-11)16(23-17)21-13-4-2-3-12(18)7-13/h2-4,7-11H,5-6,18H2,1H3,(H2,19,21,22,23). The van der Waals surface area contributed by atoms with Gasteiger partial charge in [-0.15, -0.1) is 0 Å². The van der Waals surface area contributed by atoms with E-state index in [1.807, 2.05) is 43.7 Å². The van der Waals surface area contributed by atoms with Crippen LogP contribution in [0.1, 0.15) is 24.3 Å². The van der Waals surface area contributed by atoms with Crippen LogP contribution in [0.3, 0.4) is 0 Å². The van der Waals surface area contributed by atoms with E-state index >= 15 is 0 Å². The van der Waals surface area contributed by atoms with Crippen molar-refractivity contribution in [3.8, 4) is 0 Å². The number of benzene rings is 1. The first-order chi connectivity index (χ1) is 11.7. The molecule has 0 saturated heterocycles. The molecule has 0 radical (unpaired) electrons. The number of nitrogens with one attached hydrogen (secondary N) is 2. The fourth-order valence-corrected chi connectivity index (χ4v) is 2.61. The number of nitrogens with zero attached hydrogens (tertiary/aromatic N) is 4. The Morgan fingerprint density at radius 2 is 2.04 bits per heavy atom. The predicted octanol–water partition coefficient (Wildman–Crippen LogP) is 3.16. The Morgan fingerprint density at radius 1 is 1.17 bits per heavy atom. The number of nitrogen functional groups attached to an aromatic ring is 1. The van der Waals surface area contributed by atoms with Gasteiger partial charge in [-0.2, -0.15) is 10.1 Å². The van der Waals surface area contributed by atoms with Crippen LogP contribution >= 0.6 is 0 Å². The zero-order chi connectivity index (χ0) is 16.5. The van der Waals surface area contributed by atoms with Crippen molar-refractivity contribution in [2.24, 2.45) is 7.05 Å². The Balaban J connectivity index is 1.63. The van der Waals surface area contributed by atoms with Crippen molar-refractivity contribution < 1.29 is 0 Å². The van der Waals surface area contributed by atoms with Crippen LogP contribution in [-0.4, -0.2) is 19.7 Å². The summed E-state index contributed by atoms with van der Waals surface area (Å²) in [5.41, 5.74) is 9.50. The lowest BCUT2D eigenvalue weighted by Crippen LogP contribution is -2.04. The van der Waals surface area contributed by atoms with E-state index in [1.165, 1.54) is 12.8 Å². The summed E-state index contributed by atoms with van der Waals surface area (Å²) in [6, 6.07) is 7.66. The fourth-order valence-electron chi connectivity index (χ4n) is 2.61. The molecule has 1 aromatic carbocycles. The van der Waals surface area contributed by atoms with E-state index in [4.69, 9.17) is 5.73 Å². The molecule has 2 aromatic heterocycles. The summed E-state index contributed by atoms with van der Waals surface area (Å²) in [5.74, 6) is 1.91. The van der Waals surface area contributed by atoms with E-state index in [0.29, 0.717) is 11.9 Å². The molecule has 0 atom stereocenters. The lowest BCUT2D eigenvalue weighted by molar-refractivity contribution is 0.768. The SMILES string of the molecule is Cn1cc(Nc2ncc(C3CC3)c(Nc3cccc(N)c3)n2)cn1. The highest BCUT2D eigenvalue weighted by molar-refractivity contribution is 5.65. The van der Waals surface area contributed by atoms with E-state index in [9.17, 15) is 0 Å². The van der Waals surface area contributed by atoms with Crippen LogP contribution < -0.4 is 16.4 Å². The minimum Gasteiger partial charge on any atom is -0.399 e. The van der Waals surface area contributed by atoms with Gasteiger partial charge in [-0.1, -0.05) is 6.07 Å². The van der Waals surface area contributed by atoms with Crippen LogP contribution in [0.4, 0.5) is 28.8 Å². The van der Waals surface area contributed by atoms with E-state index < -0.39 is 0 Å². The summed E-state index contributed by atoms with van der Waals surface area (Å²) in [6.45, 7) is 0. The number of hydrogen-bond acceptors (Lipinski definition) is 6. The van der Waals surface area contributed by atoms with Gasteiger partial charge in [0.2, 0.25) is 5.95 Å². The van der Waals surface area contributed by atoms with Crippen LogP contribution in [0.5, 0.6) is 0 Å². The summed E-state index contributed by atoms with van der Waals surface area (Å²) in [7, 11) is 1.87. The topological polar surface area (TPSA) is 93.7 Å². The second-order valence-electron chi connectivity index (χ2n) is 6.05. The molecule has 4 N–H and O–H groups in total. The second kappa shape index (κ2) is 5.84. The molecular formula is C17H19N7. The van der Waals surface area contributed by atoms with Crippen molar-refractivity contribution in [1.82, 2.24) is 19.7 Å².